The van der Waals surface area contributed by atoms with Crippen molar-refractivity contribution in [3.8, 4) is 5.75 Å². The van der Waals surface area contributed by atoms with Crippen molar-refractivity contribution < 1.29 is 18.7 Å². The molecule has 0 aliphatic carbocycles. The molecule has 2 aromatic rings. The van der Waals surface area contributed by atoms with Gasteiger partial charge in [0.05, 0.1) is 13.2 Å². The molecule has 1 atom stereocenters. The van der Waals surface area contributed by atoms with Gasteiger partial charge >= 0.3 is 7.60 Å². The van der Waals surface area contributed by atoms with E-state index in [1.165, 1.54) is 0 Å². The number of hydrogen-bond donors (Lipinski definition) is 2. The number of phenols is 1. The molecule has 0 fully saturated rings. The zero-order valence-electron chi connectivity index (χ0n) is 13.6. The Morgan fingerprint density at radius 1 is 1.04 bits per heavy atom. The number of hydrogen-bond acceptors (Lipinski definition) is 5. The third-order valence-corrected chi connectivity index (χ3v) is 6.31. The van der Waals surface area contributed by atoms with Gasteiger partial charge < -0.3 is 19.5 Å². The van der Waals surface area contributed by atoms with Crippen molar-refractivity contribution in [1.29, 1.82) is 0 Å². The van der Waals surface area contributed by atoms with Crippen molar-refractivity contribution in [2.45, 2.75) is 19.6 Å². The Morgan fingerprint density at radius 2 is 1.58 bits per heavy atom. The van der Waals surface area contributed by atoms with Gasteiger partial charge in [-0.3, -0.25) is 4.57 Å². The van der Waals surface area contributed by atoms with Crippen LogP contribution in [0.1, 0.15) is 25.2 Å². The Morgan fingerprint density at radius 3 is 2.08 bits per heavy atom. The molecule has 0 radical (unpaired) electrons. The molecule has 0 aliphatic rings. The Hall–Kier alpha value is -1.08. The van der Waals surface area contributed by atoms with Crippen LogP contribution < -0.4 is 5.32 Å². The number of halogens is 1. The van der Waals surface area contributed by atoms with Crippen LogP contribution in [0.25, 0.3) is 0 Å². The molecule has 5 nitrogen and oxygen atoms in total. The molecule has 0 spiro atoms. The van der Waals surface area contributed by atoms with Gasteiger partial charge in [-0.15, -0.1) is 0 Å². The first-order valence-electron chi connectivity index (χ1n) is 7.68. The largest absolute Gasteiger partial charge is 0.508 e. The Balaban J connectivity index is 2.41. The van der Waals surface area contributed by atoms with E-state index in [-0.39, 0.29) is 19.0 Å². The Bertz CT molecular complexity index is 681. The number of aromatic hydroxyl groups is 1. The molecule has 2 N–H and O–H groups in total. The summed E-state index contributed by atoms with van der Waals surface area (Å²) in [7, 11) is -3.44. The summed E-state index contributed by atoms with van der Waals surface area (Å²) in [5.41, 5.74) is 1.53. The van der Waals surface area contributed by atoms with E-state index in [0.717, 1.165) is 14.8 Å². The molecule has 0 saturated heterocycles. The summed E-state index contributed by atoms with van der Waals surface area (Å²) in [5, 5.41) is 12.8. The molecular formula is C17H21INO4P. The average Bonchev–Trinajstić information content (AvgIpc) is 2.56. The van der Waals surface area contributed by atoms with Crippen LogP contribution in [0, 0.1) is 3.57 Å². The van der Waals surface area contributed by atoms with Crippen LogP contribution in [0.5, 0.6) is 5.75 Å². The van der Waals surface area contributed by atoms with Crippen LogP contribution in [0.15, 0.2) is 48.5 Å². The molecule has 0 aromatic heterocycles. The molecule has 2 rings (SSSR count). The van der Waals surface area contributed by atoms with E-state index < -0.39 is 13.4 Å². The molecule has 0 saturated carbocycles. The average molecular weight is 461 g/mol. The van der Waals surface area contributed by atoms with Gasteiger partial charge in [0.2, 0.25) is 0 Å². The maximum absolute atomic E-state index is 13.3. The van der Waals surface area contributed by atoms with Crippen LogP contribution >= 0.6 is 30.2 Å². The first kappa shape index (κ1) is 19.2. The lowest BCUT2D eigenvalue weighted by Crippen LogP contribution is -2.15. The minimum atomic E-state index is -3.44. The first-order chi connectivity index (χ1) is 11.5. The number of anilines is 1. The zero-order valence-corrected chi connectivity index (χ0v) is 16.7. The fourth-order valence-corrected chi connectivity index (χ4v) is 4.55. The van der Waals surface area contributed by atoms with E-state index in [9.17, 15) is 9.67 Å². The standard InChI is InChI=1S/C17H21INO4P/c1-3-22-24(21,23-4-2)17(13-5-11-16(20)12-6-13)19-15-9-7-14(18)8-10-15/h5-12,17,19-20H,3-4H2,1-2H3/t17-/m1/s1. The van der Waals surface area contributed by atoms with Crippen molar-refractivity contribution in [1.82, 2.24) is 0 Å². The number of rotatable bonds is 8. The third kappa shape index (κ3) is 4.96. The van der Waals surface area contributed by atoms with Gasteiger partial charge in [0, 0.05) is 9.26 Å². The van der Waals surface area contributed by atoms with E-state index in [2.05, 4.69) is 27.9 Å². The highest BCUT2D eigenvalue weighted by atomic mass is 127. The van der Waals surface area contributed by atoms with Gasteiger partial charge in [-0.2, -0.15) is 0 Å². The molecule has 130 valence electrons. The van der Waals surface area contributed by atoms with Crippen LogP contribution in [-0.2, 0) is 13.6 Å². The monoisotopic (exact) mass is 461 g/mol. The summed E-state index contributed by atoms with van der Waals surface area (Å²) in [5.74, 6) is -0.521. The van der Waals surface area contributed by atoms with E-state index in [1.54, 1.807) is 38.1 Å². The predicted molar refractivity (Wildman–Crippen MR) is 104 cm³/mol. The summed E-state index contributed by atoms with van der Waals surface area (Å²) in [6, 6.07) is 14.3. The molecule has 24 heavy (non-hydrogen) atoms. The van der Waals surface area contributed by atoms with Gasteiger partial charge in [0.1, 0.15) is 5.75 Å². The van der Waals surface area contributed by atoms with E-state index in [0.29, 0.717) is 0 Å². The third-order valence-electron chi connectivity index (χ3n) is 3.29. The summed E-state index contributed by atoms with van der Waals surface area (Å²) in [6.07, 6.45) is 0. The molecule has 0 aliphatic heterocycles. The first-order valence-corrected chi connectivity index (χ1v) is 10.4. The maximum atomic E-state index is 13.3. The molecular weight excluding hydrogens is 440 g/mol. The lowest BCUT2D eigenvalue weighted by atomic mass is 10.2. The lowest BCUT2D eigenvalue weighted by Gasteiger charge is -2.28. The van der Waals surface area contributed by atoms with Crippen LogP contribution in [0.4, 0.5) is 5.69 Å². The van der Waals surface area contributed by atoms with Gasteiger partial charge in [0.15, 0.2) is 5.78 Å². The summed E-state index contributed by atoms with van der Waals surface area (Å²) < 4.78 is 25.4. The highest BCUT2D eigenvalue weighted by Crippen LogP contribution is 2.60. The maximum Gasteiger partial charge on any atom is 0.357 e. The number of nitrogens with one attached hydrogen (secondary N) is 1. The lowest BCUT2D eigenvalue weighted by molar-refractivity contribution is 0.214. The minimum Gasteiger partial charge on any atom is -0.508 e. The Labute approximate surface area is 156 Å². The molecule has 0 amide bonds. The number of benzene rings is 2. The van der Waals surface area contributed by atoms with Crippen LogP contribution in [0.3, 0.4) is 0 Å². The molecule has 0 heterocycles. The van der Waals surface area contributed by atoms with Crippen LogP contribution in [-0.4, -0.2) is 18.3 Å². The van der Waals surface area contributed by atoms with E-state index in [4.69, 9.17) is 9.05 Å². The second-order valence-corrected chi connectivity index (χ2v) is 8.38. The molecule has 7 heteroatoms. The van der Waals surface area contributed by atoms with Gasteiger partial charge in [-0.05, 0) is 78.4 Å². The van der Waals surface area contributed by atoms with Gasteiger partial charge in [-0.1, -0.05) is 12.1 Å². The smallest absolute Gasteiger partial charge is 0.357 e. The second kappa shape index (κ2) is 8.85. The quantitative estimate of drug-likeness (QED) is 0.409. The Kier molecular flexibility index (Phi) is 7.10. The summed E-state index contributed by atoms with van der Waals surface area (Å²) in [4.78, 5) is 0. The van der Waals surface area contributed by atoms with Crippen molar-refractivity contribution >= 4 is 35.9 Å². The van der Waals surface area contributed by atoms with E-state index >= 15 is 0 Å². The van der Waals surface area contributed by atoms with Crippen molar-refractivity contribution in [2.24, 2.45) is 0 Å². The van der Waals surface area contributed by atoms with Crippen molar-refractivity contribution in [2.75, 3.05) is 18.5 Å². The second-order valence-electron chi connectivity index (χ2n) is 5.02. The highest BCUT2D eigenvalue weighted by Gasteiger charge is 2.37. The van der Waals surface area contributed by atoms with Crippen molar-refractivity contribution in [3.63, 3.8) is 0 Å². The fraction of sp³-hybridized carbons (Fsp3) is 0.294. The zero-order chi connectivity index (χ0) is 17.6. The van der Waals surface area contributed by atoms with E-state index in [1.807, 2.05) is 24.3 Å². The molecule has 0 bridgehead atoms. The summed E-state index contributed by atoms with van der Waals surface area (Å²) in [6.45, 7) is 4.12. The SMILES string of the molecule is CCOP(=O)(OCC)[C@@H](Nc1ccc(I)cc1)c1ccc(O)cc1. The van der Waals surface area contributed by atoms with Gasteiger partial charge in [-0.25, -0.2) is 0 Å². The fourth-order valence-electron chi connectivity index (χ4n) is 2.25. The normalized spacial score (nSPS) is 12.8. The molecule has 0 unspecified atom stereocenters. The van der Waals surface area contributed by atoms with Gasteiger partial charge in [0.25, 0.3) is 0 Å². The van der Waals surface area contributed by atoms with Crippen LogP contribution in [0.2, 0.25) is 0 Å². The molecule has 2 aromatic carbocycles. The van der Waals surface area contributed by atoms with Crippen molar-refractivity contribution in [3.05, 3.63) is 57.7 Å². The highest BCUT2D eigenvalue weighted by molar-refractivity contribution is 14.1. The predicted octanol–water partition coefficient (Wildman–Crippen LogP) is 5.37. The number of phenolic OH excluding ortho intramolecular Hbond substituents is 1. The topological polar surface area (TPSA) is 67.8 Å². The minimum absolute atomic E-state index is 0.148. The summed E-state index contributed by atoms with van der Waals surface area (Å²) >= 11 is 2.23.